The molecule has 0 amide bonds. The number of carboxylic acid groups (broad SMARTS) is 1. The summed E-state index contributed by atoms with van der Waals surface area (Å²) in [6.45, 7) is 0.184. The number of rotatable bonds is 9. The second kappa shape index (κ2) is 9.57. The average molecular weight is 367 g/mol. The molecule has 2 aromatic rings. The van der Waals surface area contributed by atoms with Gasteiger partial charge in [-0.2, -0.15) is 0 Å². The Labute approximate surface area is 150 Å². The molecule has 24 heavy (non-hydrogen) atoms. The average Bonchev–Trinajstić information content (AvgIpc) is 2.58. The van der Waals surface area contributed by atoms with Crippen LogP contribution in [-0.4, -0.2) is 34.6 Å². The van der Waals surface area contributed by atoms with Crippen molar-refractivity contribution in [2.45, 2.75) is 23.8 Å². The standard InChI is InChI=1S/C18H19ClO4S/c19-14-5-7-17(8-6-14)24-12-15(20)11-23-16-3-1-2-13(10-16)4-9-18(21)22/h1-3,5-8,10,15,20H,4,9,11-12H2,(H,21,22). The normalized spacial score (nSPS) is 11.9. The second-order valence-electron chi connectivity index (χ2n) is 5.27. The van der Waals surface area contributed by atoms with Crippen LogP contribution >= 0.6 is 23.4 Å². The lowest BCUT2D eigenvalue weighted by molar-refractivity contribution is -0.136. The van der Waals surface area contributed by atoms with Crippen LogP contribution in [0, 0.1) is 0 Å². The van der Waals surface area contributed by atoms with Crippen molar-refractivity contribution in [3.05, 3.63) is 59.1 Å². The van der Waals surface area contributed by atoms with E-state index in [1.807, 2.05) is 42.5 Å². The lowest BCUT2D eigenvalue weighted by Gasteiger charge is -2.13. The van der Waals surface area contributed by atoms with Crippen molar-refractivity contribution < 1.29 is 19.7 Å². The van der Waals surface area contributed by atoms with Gasteiger partial charge in [-0.05, 0) is 48.4 Å². The number of thioether (sulfide) groups is 1. The van der Waals surface area contributed by atoms with Gasteiger partial charge in [0.25, 0.3) is 0 Å². The monoisotopic (exact) mass is 366 g/mol. The smallest absolute Gasteiger partial charge is 0.303 e. The maximum Gasteiger partial charge on any atom is 0.303 e. The number of carbonyl (C=O) groups is 1. The molecule has 0 heterocycles. The summed E-state index contributed by atoms with van der Waals surface area (Å²) in [5.41, 5.74) is 0.903. The predicted molar refractivity (Wildman–Crippen MR) is 96.1 cm³/mol. The fourth-order valence-electron chi connectivity index (χ4n) is 2.01. The Bertz CT molecular complexity index is 660. The number of hydrogen-bond acceptors (Lipinski definition) is 4. The molecule has 0 aliphatic heterocycles. The molecule has 2 rings (SSSR count). The molecular weight excluding hydrogens is 348 g/mol. The number of ether oxygens (including phenoxy) is 1. The minimum absolute atomic E-state index is 0.0871. The molecule has 0 aliphatic rings. The Balaban J connectivity index is 1.76. The van der Waals surface area contributed by atoms with Crippen molar-refractivity contribution in [1.82, 2.24) is 0 Å². The van der Waals surface area contributed by atoms with E-state index in [4.69, 9.17) is 21.4 Å². The first-order valence-electron chi connectivity index (χ1n) is 7.53. The highest BCUT2D eigenvalue weighted by atomic mass is 35.5. The van der Waals surface area contributed by atoms with Gasteiger partial charge in [-0.3, -0.25) is 4.79 Å². The van der Waals surface area contributed by atoms with E-state index in [-0.39, 0.29) is 13.0 Å². The lowest BCUT2D eigenvalue weighted by Crippen LogP contribution is -2.20. The van der Waals surface area contributed by atoms with Gasteiger partial charge in [0.05, 0.1) is 6.10 Å². The largest absolute Gasteiger partial charge is 0.491 e. The van der Waals surface area contributed by atoms with Crippen molar-refractivity contribution in [3.8, 4) is 5.75 Å². The highest BCUT2D eigenvalue weighted by molar-refractivity contribution is 7.99. The first kappa shape index (κ1) is 18.6. The number of aliphatic carboxylic acids is 1. The summed E-state index contributed by atoms with van der Waals surface area (Å²) in [5, 5.41) is 19.4. The van der Waals surface area contributed by atoms with Gasteiger partial charge in [0.2, 0.25) is 0 Å². The molecule has 0 aliphatic carbocycles. The molecule has 0 bridgehead atoms. The molecule has 1 unspecified atom stereocenters. The topological polar surface area (TPSA) is 66.8 Å². The summed E-state index contributed by atoms with van der Waals surface area (Å²) >= 11 is 7.37. The van der Waals surface area contributed by atoms with Crippen LogP contribution in [0.2, 0.25) is 5.02 Å². The van der Waals surface area contributed by atoms with E-state index >= 15 is 0 Å². The van der Waals surface area contributed by atoms with Crippen molar-refractivity contribution in [2.24, 2.45) is 0 Å². The van der Waals surface area contributed by atoms with Crippen LogP contribution in [0.4, 0.5) is 0 Å². The Morgan fingerprint density at radius 3 is 2.67 bits per heavy atom. The molecule has 2 aromatic carbocycles. The summed E-state index contributed by atoms with van der Waals surface area (Å²) in [6.07, 6.45) is -0.0564. The Hall–Kier alpha value is -1.69. The zero-order valence-electron chi connectivity index (χ0n) is 13.0. The molecule has 0 saturated carbocycles. The molecule has 0 radical (unpaired) electrons. The van der Waals surface area contributed by atoms with Gasteiger partial charge in [-0.1, -0.05) is 23.7 Å². The van der Waals surface area contributed by atoms with E-state index in [9.17, 15) is 9.90 Å². The number of aliphatic hydroxyl groups excluding tert-OH is 1. The number of carboxylic acids is 1. The molecule has 0 fully saturated rings. The summed E-state index contributed by atoms with van der Waals surface area (Å²) in [5.74, 6) is 0.324. The maximum atomic E-state index is 10.6. The van der Waals surface area contributed by atoms with Gasteiger partial charge >= 0.3 is 5.97 Å². The molecule has 0 spiro atoms. The van der Waals surface area contributed by atoms with Crippen LogP contribution in [0.5, 0.6) is 5.75 Å². The van der Waals surface area contributed by atoms with Gasteiger partial charge in [0, 0.05) is 22.1 Å². The Morgan fingerprint density at radius 2 is 1.96 bits per heavy atom. The van der Waals surface area contributed by atoms with E-state index in [0.29, 0.717) is 22.9 Å². The molecule has 4 nitrogen and oxygen atoms in total. The van der Waals surface area contributed by atoms with Crippen LogP contribution < -0.4 is 4.74 Å². The molecule has 128 valence electrons. The van der Waals surface area contributed by atoms with E-state index in [2.05, 4.69) is 0 Å². The number of halogens is 1. The van der Waals surface area contributed by atoms with E-state index in [1.165, 1.54) is 11.8 Å². The van der Waals surface area contributed by atoms with Crippen LogP contribution in [0.3, 0.4) is 0 Å². The van der Waals surface area contributed by atoms with Crippen LogP contribution in [-0.2, 0) is 11.2 Å². The summed E-state index contributed by atoms with van der Waals surface area (Å²) in [4.78, 5) is 11.6. The molecular formula is C18H19ClO4S. The maximum absolute atomic E-state index is 10.6. The summed E-state index contributed by atoms with van der Waals surface area (Å²) in [6, 6.07) is 14.7. The van der Waals surface area contributed by atoms with Crippen LogP contribution in [0.25, 0.3) is 0 Å². The van der Waals surface area contributed by atoms with Crippen LogP contribution in [0.15, 0.2) is 53.4 Å². The van der Waals surface area contributed by atoms with Gasteiger partial charge in [0.1, 0.15) is 12.4 Å². The first-order chi connectivity index (χ1) is 11.5. The lowest BCUT2D eigenvalue weighted by atomic mass is 10.1. The van der Waals surface area contributed by atoms with Crippen molar-refractivity contribution >= 4 is 29.3 Å². The first-order valence-corrected chi connectivity index (χ1v) is 8.89. The zero-order chi connectivity index (χ0) is 17.4. The fraction of sp³-hybridized carbons (Fsp3) is 0.278. The SMILES string of the molecule is O=C(O)CCc1cccc(OCC(O)CSc2ccc(Cl)cc2)c1. The van der Waals surface area contributed by atoms with E-state index in [0.717, 1.165) is 10.5 Å². The summed E-state index contributed by atoms with van der Waals surface area (Å²) < 4.78 is 5.59. The number of hydrogen-bond donors (Lipinski definition) is 2. The zero-order valence-corrected chi connectivity index (χ0v) is 14.6. The Kier molecular flexibility index (Phi) is 7.43. The minimum atomic E-state index is -0.823. The van der Waals surface area contributed by atoms with Gasteiger partial charge in [0.15, 0.2) is 0 Å². The van der Waals surface area contributed by atoms with E-state index < -0.39 is 12.1 Å². The van der Waals surface area contributed by atoms with Crippen molar-refractivity contribution in [3.63, 3.8) is 0 Å². The highest BCUT2D eigenvalue weighted by Gasteiger charge is 2.07. The number of aliphatic hydroxyl groups is 1. The molecule has 0 aromatic heterocycles. The quantitative estimate of drug-likeness (QED) is 0.659. The van der Waals surface area contributed by atoms with Gasteiger partial charge in [-0.15, -0.1) is 11.8 Å². The third-order valence-electron chi connectivity index (χ3n) is 3.22. The van der Waals surface area contributed by atoms with Crippen LogP contribution in [0.1, 0.15) is 12.0 Å². The van der Waals surface area contributed by atoms with Crippen molar-refractivity contribution in [1.29, 1.82) is 0 Å². The fourth-order valence-corrected chi connectivity index (χ4v) is 2.94. The third-order valence-corrected chi connectivity index (χ3v) is 4.63. The molecule has 0 saturated heterocycles. The minimum Gasteiger partial charge on any atom is -0.491 e. The Morgan fingerprint density at radius 1 is 1.21 bits per heavy atom. The van der Waals surface area contributed by atoms with Gasteiger partial charge < -0.3 is 14.9 Å². The molecule has 1 atom stereocenters. The third kappa shape index (κ3) is 6.83. The molecule has 6 heteroatoms. The summed E-state index contributed by atoms with van der Waals surface area (Å²) in [7, 11) is 0. The number of benzene rings is 2. The molecule has 2 N–H and O–H groups in total. The number of aryl methyl sites for hydroxylation is 1. The highest BCUT2D eigenvalue weighted by Crippen LogP contribution is 2.21. The second-order valence-corrected chi connectivity index (χ2v) is 6.80. The van der Waals surface area contributed by atoms with E-state index in [1.54, 1.807) is 6.07 Å². The van der Waals surface area contributed by atoms with Gasteiger partial charge in [-0.25, -0.2) is 0 Å². The predicted octanol–water partition coefficient (Wildman–Crippen LogP) is 3.89. The van der Waals surface area contributed by atoms with Crippen molar-refractivity contribution in [2.75, 3.05) is 12.4 Å².